The van der Waals surface area contributed by atoms with Crippen molar-refractivity contribution in [3.63, 3.8) is 0 Å². The molecule has 0 spiro atoms. The summed E-state index contributed by atoms with van der Waals surface area (Å²) in [5.41, 5.74) is 0. The third-order valence-electron chi connectivity index (χ3n) is 1.51. The van der Waals surface area contributed by atoms with Gasteiger partial charge in [0.15, 0.2) is 0 Å². The van der Waals surface area contributed by atoms with Crippen LogP contribution in [0.4, 0.5) is 5.13 Å². The summed E-state index contributed by atoms with van der Waals surface area (Å²) in [6.07, 6.45) is 2.28. The van der Waals surface area contributed by atoms with Gasteiger partial charge in [-0.15, -0.1) is 10.2 Å². The van der Waals surface area contributed by atoms with Gasteiger partial charge >= 0.3 is 5.97 Å². The van der Waals surface area contributed by atoms with Gasteiger partial charge in [0.1, 0.15) is 0 Å². The first kappa shape index (κ1) is 7.48. The number of aromatic carboxylic acids is 1. The SMILES string of the molecule is O=C(O)c1nnc(NC2CC2)s1. The van der Waals surface area contributed by atoms with E-state index in [4.69, 9.17) is 5.11 Å². The van der Waals surface area contributed by atoms with Gasteiger partial charge in [0, 0.05) is 6.04 Å². The highest BCUT2D eigenvalue weighted by atomic mass is 32.1. The molecule has 0 bridgehead atoms. The summed E-state index contributed by atoms with van der Waals surface area (Å²) < 4.78 is 0. The number of carbonyl (C=O) groups is 1. The van der Waals surface area contributed by atoms with Crippen molar-refractivity contribution < 1.29 is 9.90 Å². The van der Waals surface area contributed by atoms with E-state index in [9.17, 15) is 4.79 Å². The number of carboxylic acids is 1. The molecule has 0 radical (unpaired) electrons. The van der Waals surface area contributed by atoms with Crippen LogP contribution in [0.2, 0.25) is 0 Å². The normalized spacial score (nSPS) is 16.0. The molecule has 2 rings (SSSR count). The first-order valence-electron chi connectivity index (χ1n) is 3.59. The summed E-state index contributed by atoms with van der Waals surface area (Å²) in [6.45, 7) is 0. The number of nitrogens with one attached hydrogen (secondary N) is 1. The minimum absolute atomic E-state index is 0.0400. The quantitative estimate of drug-likeness (QED) is 0.728. The molecule has 1 heterocycles. The summed E-state index contributed by atoms with van der Waals surface area (Å²) in [5, 5.41) is 19.4. The largest absolute Gasteiger partial charge is 0.476 e. The molecule has 0 atom stereocenters. The smallest absolute Gasteiger partial charge is 0.367 e. The minimum Gasteiger partial charge on any atom is -0.476 e. The lowest BCUT2D eigenvalue weighted by atomic mass is 10.7. The summed E-state index contributed by atoms with van der Waals surface area (Å²) in [5.74, 6) is -1.02. The Hall–Kier alpha value is -1.17. The second kappa shape index (κ2) is 2.71. The van der Waals surface area contributed by atoms with Crippen molar-refractivity contribution in [3.8, 4) is 0 Å². The van der Waals surface area contributed by atoms with E-state index < -0.39 is 5.97 Å². The second-order valence-corrected chi connectivity index (χ2v) is 3.61. The summed E-state index contributed by atoms with van der Waals surface area (Å²) >= 11 is 1.08. The lowest BCUT2D eigenvalue weighted by molar-refractivity contribution is 0.0695. The van der Waals surface area contributed by atoms with E-state index in [0.29, 0.717) is 11.2 Å². The fourth-order valence-electron chi connectivity index (χ4n) is 0.770. The molecule has 1 aromatic rings. The average Bonchev–Trinajstić information content (AvgIpc) is 2.66. The standard InChI is InChI=1S/C6H7N3O2S/c10-5(11)4-8-9-6(12-4)7-3-1-2-3/h3H,1-2H2,(H,7,9)(H,10,11). The van der Waals surface area contributed by atoms with Crippen LogP contribution in [0.25, 0.3) is 0 Å². The van der Waals surface area contributed by atoms with Crippen LogP contribution < -0.4 is 5.32 Å². The van der Waals surface area contributed by atoms with E-state index in [-0.39, 0.29) is 5.01 Å². The van der Waals surface area contributed by atoms with Crippen LogP contribution in [-0.2, 0) is 0 Å². The van der Waals surface area contributed by atoms with E-state index in [2.05, 4.69) is 15.5 Å². The molecule has 5 nitrogen and oxygen atoms in total. The molecule has 1 fully saturated rings. The summed E-state index contributed by atoms with van der Waals surface area (Å²) in [4.78, 5) is 10.4. The maximum absolute atomic E-state index is 10.4. The highest BCUT2D eigenvalue weighted by Gasteiger charge is 2.23. The first-order valence-corrected chi connectivity index (χ1v) is 4.40. The van der Waals surface area contributed by atoms with Crippen molar-refractivity contribution in [1.29, 1.82) is 0 Å². The first-order chi connectivity index (χ1) is 5.75. The van der Waals surface area contributed by atoms with E-state index in [1.165, 1.54) is 0 Å². The summed E-state index contributed by atoms with van der Waals surface area (Å²) in [6, 6.07) is 0.486. The minimum atomic E-state index is -1.02. The fourth-order valence-corrected chi connectivity index (χ4v) is 1.43. The molecule has 0 aliphatic heterocycles. The van der Waals surface area contributed by atoms with Gasteiger partial charge in [0.25, 0.3) is 0 Å². The molecular formula is C6H7N3O2S. The van der Waals surface area contributed by atoms with Crippen LogP contribution in [0, 0.1) is 0 Å². The number of hydrogen-bond acceptors (Lipinski definition) is 5. The average molecular weight is 185 g/mol. The maximum atomic E-state index is 10.4. The predicted molar refractivity (Wildman–Crippen MR) is 43.5 cm³/mol. The Labute approximate surface area is 72.4 Å². The zero-order valence-electron chi connectivity index (χ0n) is 6.15. The van der Waals surface area contributed by atoms with Gasteiger partial charge < -0.3 is 10.4 Å². The fraction of sp³-hybridized carbons (Fsp3) is 0.500. The molecular weight excluding hydrogens is 178 g/mol. The Morgan fingerprint density at radius 2 is 2.33 bits per heavy atom. The van der Waals surface area contributed by atoms with Crippen LogP contribution in [0.15, 0.2) is 0 Å². The lowest BCUT2D eigenvalue weighted by Gasteiger charge is -1.93. The molecule has 64 valence electrons. The molecule has 1 aromatic heterocycles. The van der Waals surface area contributed by atoms with Crippen LogP contribution in [0.5, 0.6) is 0 Å². The number of hydrogen-bond donors (Lipinski definition) is 2. The molecule has 0 saturated heterocycles. The third-order valence-corrected chi connectivity index (χ3v) is 2.36. The van der Waals surface area contributed by atoms with Gasteiger partial charge in [-0.3, -0.25) is 0 Å². The predicted octanol–water partition coefficient (Wildman–Crippen LogP) is 0.811. The number of aromatic nitrogens is 2. The van der Waals surface area contributed by atoms with Crippen molar-refractivity contribution in [2.45, 2.75) is 18.9 Å². The second-order valence-electron chi connectivity index (χ2n) is 2.64. The third kappa shape index (κ3) is 1.53. The van der Waals surface area contributed by atoms with Crippen molar-refractivity contribution in [3.05, 3.63) is 5.01 Å². The zero-order chi connectivity index (χ0) is 8.55. The molecule has 0 unspecified atom stereocenters. The van der Waals surface area contributed by atoms with Gasteiger partial charge in [-0.05, 0) is 12.8 Å². The van der Waals surface area contributed by atoms with Crippen LogP contribution in [-0.4, -0.2) is 27.3 Å². The Balaban J connectivity index is 2.06. The Kier molecular flexibility index (Phi) is 1.69. The van der Waals surface area contributed by atoms with Crippen LogP contribution in [0.3, 0.4) is 0 Å². The Bertz CT molecular complexity index is 307. The number of anilines is 1. The number of rotatable bonds is 3. The number of carboxylic acid groups (broad SMARTS) is 1. The number of nitrogens with zero attached hydrogens (tertiary/aromatic N) is 2. The summed E-state index contributed by atoms with van der Waals surface area (Å²) in [7, 11) is 0. The van der Waals surface area contributed by atoms with E-state index in [1.54, 1.807) is 0 Å². The van der Waals surface area contributed by atoms with E-state index in [0.717, 1.165) is 24.2 Å². The monoisotopic (exact) mass is 185 g/mol. The van der Waals surface area contributed by atoms with E-state index in [1.807, 2.05) is 0 Å². The van der Waals surface area contributed by atoms with Crippen molar-refractivity contribution >= 4 is 22.4 Å². The Morgan fingerprint density at radius 3 is 2.83 bits per heavy atom. The molecule has 1 aliphatic carbocycles. The topological polar surface area (TPSA) is 75.1 Å². The molecule has 12 heavy (non-hydrogen) atoms. The Morgan fingerprint density at radius 1 is 1.58 bits per heavy atom. The highest BCUT2D eigenvalue weighted by Crippen LogP contribution is 2.26. The van der Waals surface area contributed by atoms with Gasteiger partial charge in [0.2, 0.25) is 10.1 Å². The highest BCUT2D eigenvalue weighted by molar-refractivity contribution is 7.16. The van der Waals surface area contributed by atoms with Gasteiger partial charge in [-0.2, -0.15) is 0 Å². The molecule has 0 amide bonds. The van der Waals surface area contributed by atoms with E-state index >= 15 is 0 Å². The van der Waals surface area contributed by atoms with Gasteiger partial charge in [0.05, 0.1) is 0 Å². The van der Waals surface area contributed by atoms with Crippen LogP contribution >= 0.6 is 11.3 Å². The van der Waals surface area contributed by atoms with Gasteiger partial charge in [-0.25, -0.2) is 4.79 Å². The molecule has 6 heteroatoms. The molecule has 2 N–H and O–H groups in total. The van der Waals surface area contributed by atoms with Crippen molar-refractivity contribution in [1.82, 2.24) is 10.2 Å². The zero-order valence-corrected chi connectivity index (χ0v) is 6.97. The van der Waals surface area contributed by atoms with Crippen molar-refractivity contribution in [2.75, 3.05) is 5.32 Å². The van der Waals surface area contributed by atoms with Crippen LogP contribution in [0.1, 0.15) is 22.6 Å². The maximum Gasteiger partial charge on any atom is 0.367 e. The van der Waals surface area contributed by atoms with Crippen molar-refractivity contribution in [2.24, 2.45) is 0 Å². The lowest BCUT2D eigenvalue weighted by Crippen LogP contribution is -1.99. The molecule has 1 saturated carbocycles. The molecule has 1 aliphatic rings. The molecule has 0 aromatic carbocycles. The van der Waals surface area contributed by atoms with Gasteiger partial charge in [-0.1, -0.05) is 11.3 Å².